The molecule has 30 heteroatoms. The Bertz CT molecular complexity index is 2140. The van der Waals surface area contributed by atoms with E-state index in [0.717, 1.165) is 51.9 Å². The van der Waals surface area contributed by atoms with Crippen LogP contribution in [0.3, 0.4) is 0 Å². The van der Waals surface area contributed by atoms with Crippen molar-refractivity contribution in [2.45, 2.75) is 366 Å². The highest BCUT2D eigenvalue weighted by molar-refractivity contribution is 5.76. The molecule has 574 valence electrons. The van der Waals surface area contributed by atoms with Crippen molar-refractivity contribution in [3.63, 3.8) is 0 Å². The van der Waals surface area contributed by atoms with Crippen LogP contribution in [0.4, 0.5) is 0 Å². The normalized spacial score (nSPS) is 36.1. The molecule has 5 aliphatic heterocycles. The second-order valence-electron chi connectivity index (χ2n) is 27.1. The quantitative estimate of drug-likeness (QED) is 0.0272. The number of unbranched alkanes of at least 4 members (excludes halogenated alkanes) is 25. The van der Waals surface area contributed by atoms with Crippen LogP contribution in [0.2, 0.25) is 0 Å². The lowest BCUT2D eigenvalue weighted by molar-refractivity contribution is -0.388. The maximum Gasteiger partial charge on any atom is 0.220 e. The summed E-state index contributed by atoms with van der Waals surface area (Å²) in [6, 6.07) is -2.69. The van der Waals surface area contributed by atoms with Gasteiger partial charge in [-0.25, -0.2) is 0 Å². The number of hydrogen-bond donors (Lipinski definition) is 18. The van der Waals surface area contributed by atoms with E-state index < -0.39 is 211 Å². The molecule has 5 fully saturated rings. The smallest absolute Gasteiger partial charge is 0.220 e. The number of carbonyl (C=O) groups is 2. The molecule has 0 aromatic rings. The molecule has 18 N–H and O–H groups in total. The number of nitrogens with one attached hydrogen (secondary N) is 2. The third-order valence-corrected chi connectivity index (χ3v) is 19.2. The van der Waals surface area contributed by atoms with Crippen molar-refractivity contribution in [2.24, 2.45) is 0 Å². The summed E-state index contributed by atoms with van der Waals surface area (Å²) in [6.07, 6.45) is -10.9. The van der Waals surface area contributed by atoms with E-state index in [9.17, 15) is 91.3 Å². The maximum absolute atomic E-state index is 13.4. The minimum absolute atomic E-state index is 0.202. The lowest BCUT2D eigenvalue weighted by Crippen LogP contribution is -2.70. The van der Waals surface area contributed by atoms with E-state index in [1.165, 1.54) is 116 Å². The molecular formula is C68H124N2O28. The lowest BCUT2D eigenvalue weighted by atomic mass is 9.94. The molecule has 5 heterocycles. The Morgan fingerprint density at radius 1 is 0.398 bits per heavy atom. The summed E-state index contributed by atoms with van der Waals surface area (Å²) in [6.45, 7) is 0.395. The minimum atomic E-state index is -2.18. The molecule has 0 bridgehead atoms. The monoisotopic (exact) mass is 1420 g/mol. The summed E-state index contributed by atoms with van der Waals surface area (Å²) in [7, 11) is 0. The Kier molecular flexibility index (Phi) is 41.5. The van der Waals surface area contributed by atoms with Crippen molar-refractivity contribution in [3.05, 3.63) is 12.2 Å². The van der Waals surface area contributed by atoms with E-state index in [0.29, 0.717) is 12.8 Å². The molecule has 10 unspecified atom stereocenters. The van der Waals surface area contributed by atoms with Crippen LogP contribution in [0.25, 0.3) is 0 Å². The van der Waals surface area contributed by atoms with Gasteiger partial charge in [-0.15, -0.1) is 0 Å². The number of aliphatic hydroxyl groups excluding tert-OH is 16. The third kappa shape index (κ3) is 27.0. The molecule has 0 radical (unpaired) electrons. The van der Waals surface area contributed by atoms with Crippen molar-refractivity contribution < 1.29 is 139 Å². The van der Waals surface area contributed by atoms with Crippen LogP contribution in [-0.2, 0) is 57.0 Å². The van der Waals surface area contributed by atoms with Gasteiger partial charge >= 0.3 is 0 Å². The summed E-state index contributed by atoms with van der Waals surface area (Å²) in [4.78, 5) is 26.0. The molecule has 0 aliphatic carbocycles. The van der Waals surface area contributed by atoms with Crippen molar-refractivity contribution in [2.75, 3.05) is 39.6 Å². The zero-order chi connectivity index (χ0) is 71.7. The molecule has 5 aliphatic rings. The molecule has 30 nitrogen and oxygen atoms in total. The van der Waals surface area contributed by atoms with Crippen LogP contribution >= 0.6 is 0 Å². The number of rotatable bonds is 48. The van der Waals surface area contributed by atoms with Crippen molar-refractivity contribution in [1.82, 2.24) is 10.6 Å². The number of ether oxygens (including phenoxy) is 10. The first-order valence-corrected chi connectivity index (χ1v) is 36.5. The second-order valence-corrected chi connectivity index (χ2v) is 27.1. The van der Waals surface area contributed by atoms with Crippen LogP contribution in [0.5, 0.6) is 0 Å². The van der Waals surface area contributed by atoms with Crippen LogP contribution < -0.4 is 10.6 Å². The topological polar surface area (TPSA) is 474 Å². The third-order valence-electron chi connectivity index (χ3n) is 19.2. The summed E-state index contributed by atoms with van der Waals surface area (Å²) < 4.78 is 58.3. The fraction of sp³-hybridized carbons (Fsp3) is 0.941. The molecule has 0 aromatic heterocycles. The van der Waals surface area contributed by atoms with Gasteiger partial charge in [0.05, 0.1) is 51.8 Å². The molecule has 98 heavy (non-hydrogen) atoms. The Morgan fingerprint density at radius 3 is 1.15 bits per heavy atom. The van der Waals surface area contributed by atoms with E-state index in [1.54, 1.807) is 6.08 Å². The van der Waals surface area contributed by atoms with Crippen LogP contribution in [0.1, 0.15) is 201 Å². The highest BCUT2D eigenvalue weighted by atomic mass is 16.8. The molecule has 0 spiro atoms. The Balaban J connectivity index is 1.17. The Labute approximate surface area is 577 Å². The number of carbonyl (C=O) groups excluding carboxylic acids is 2. The number of hydrogen-bond acceptors (Lipinski definition) is 28. The van der Waals surface area contributed by atoms with Gasteiger partial charge in [0.15, 0.2) is 31.5 Å². The average Bonchev–Trinajstić information content (AvgIpc) is 0.780. The van der Waals surface area contributed by atoms with E-state index in [2.05, 4.69) is 24.5 Å². The highest BCUT2D eigenvalue weighted by Gasteiger charge is 2.57. The molecule has 27 atom stereocenters. The molecule has 2 amide bonds. The largest absolute Gasteiger partial charge is 0.394 e. The SMILES string of the molecule is CCCCCCCCCCCCC/C=C/[C@@H](O)[C@H](CO[C@@H]1OC(CO)[C@@H](O[C@@H]2OC(CO)[C@H](O[C@@H]3OC(CO)[C@H](O[C@@H]4OC(CO)[C@H](O)[C@H](O[C@@H]5OC(CO)[C@H](O)[C@H](O)C5O)C4NC(C)=O)[C@H](O)C3O)[C@H](O)C2O)[C@H](O)C1O)NC(=O)CCCCCCCCCCCCCCCCC. The summed E-state index contributed by atoms with van der Waals surface area (Å²) in [5.41, 5.74) is 0. The van der Waals surface area contributed by atoms with Gasteiger partial charge in [0, 0.05) is 13.3 Å². The van der Waals surface area contributed by atoms with E-state index in [-0.39, 0.29) is 12.3 Å². The summed E-state index contributed by atoms with van der Waals surface area (Å²) >= 11 is 0. The first-order chi connectivity index (χ1) is 47.2. The average molecular weight is 1420 g/mol. The molecule has 5 rings (SSSR count). The predicted molar refractivity (Wildman–Crippen MR) is 350 cm³/mol. The molecule has 0 saturated carbocycles. The molecule has 5 saturated heterocycles. The highest BCUT2D eigenvalue weighted by Crippen LogP contribution is 2.36. The van der Waals surface area contributed by atoms with Gasteiger partial charge in [-0.3, -0.25) is 9.59 Å². The second kappa shape index (κ2) is 47.2. The van der Waals surface area contributed by atoms with Gasteiger partial charge in [0.2, 0.25) is 11.8 Å². The fourth-order valence-corrected chi connectivity index (χ4v) is 13.2. The minimum Gasteiger partial charge on any atom is -0.394 e. The number of amides is 2. The zero-order valence-electron chi connectivity index (χ0n) is 57.8. The van der Waals surface area contributed by atoms with Gasteiger partial charge in [-0.05, 0) is 19.3 Å². The van der Waals surface area contributed by atoms with Gasteiger partial charge in [-0.1, -0.05) is 180 Å². The number of aliphatic hydroxyl groups is 16. The van der Waals surface area contributed by atoms with Gasteiger partial charge in [0.25, 0.3) is 0 Å². The predicted octanol–water partition coefficient (Wildman–Crippen LogP) is -0.392. The van der Waals surface area contributed by atoms with Crippen LogP contribution in [0, 0.1) is 0 Å². The van der Waals surface area contributed by atoms with Gasteiger partial charge < -0.3 is 140 Å². The van der Waals surface area contributed by atoms with Crippen LogP contribution in [-0.4, -0.2) is 299 Å². The zero-order valence-corrected chi connectivity index (χ0v) is 57.8. The van der Waals surface area contributed by atoms with Gasteiger partial charge in [0.1, 0.15) is 122 Å². The first-order valence-electron chi connectivity index (χ1n) is 36.5. The molecular weight excluding hydrogens is 1290 g/mol. The summed E-state index contributed by atoms with van der Waals surface area (Å²) in [5, 5.41) is 180. The first kappa shape index (κ1) is 86.3. The standard InChI is InChI=1S/C68H124N2O28/c1-4-6-8-10-12-14-16-18-19-21-23-25-27-29-31-33-48(78)70-41(42(77)32-30-28-26-24-22-20-17-15-13-11-9-7-5-2)39-89-65-57(86)53(82)61(45(36-73)92-65)96-68-59(88)55(84)62(47(38-75)94-68)97-67-58(87)54(83)60(46(37-74)93-67)95-64-49(69-40(3)76)63(51(80)44(35-72)90-64)98-66-56(85)52(81)50(79)43(34-71)91-66/h30,32,41-47,49-68,71-75,77,79-88H,4-29,31,33-39H2,1-3H3,(H,69,76)(H,70,78)/b32-30+/t41-,42+,43?,44?,45?,46?,47?,49?,50-,51-,52-,53+,54+,55+,56?,57?,58?,59?,60-,61+,62-,63+,64-,65+,66-,67-,68-/m0/s1. The van der Waals surface area contributed by atoms with Crippen molar-refractivity contribution in [1.29, 1.82) is 0 Å². The van der Waals surface area contributed by atoms with E-state index >= 15 is 0 Å². The van der Waals surface area contributed by atoms with Crippen molar-refractivity contribution >= 4 is 11.8 Å². The van der Waals surface area contributed by atoms with E-state index in [4.69, 9.17) is 47.4 Å². The Hall–Kier alpha value is -2.36. The fourth-order valence-electron chi connectivity index (χ4n) is 13.2. The molecule has 0 aromatic carbocycles. The van der Waals surface area contributed by atoms with Crippen LogP contribution in [0.15, 0.2) is 12.2 Å². The Morgan fingerprint density at radius 2 is 0.735 bits per heavy atom. The maximum atomic E-state index is 13.4. The number of allylic oxidation sites excluding steroid dienone is 1. The van der Waals surface area contributed by atoms with Gasteiger partial charge in [-0.2, -0.15) is 0 Å². The van der Waals surface area contributed by atoms with Crippen molar-refractivity contribution in [3.8, 4) is 0 Å². The van der Waals surface area contributed by atoms with E-state index in [1.807, 2.05) is 6.08 Å². The summed E-state index contributed by atoms with van der Waals surface area (Å²) in [5.74, 6) is -1.11. The lowest BCUT2D eigenvalue weighted by Gasteiger charge is -2.50.